The van der Waals surface area contributed by atoms with Crippen LogP contribution < -0.4 is 5.32 Å². The van der Waals surface area contributed by atoms with E-state index in [9.17, 15) is 0 Å². The molecule has 0 aromatic rings. The van der Waals surface area contributed by atoms with E-state index in [1.807, 2.05) is 0 Å². The molecule has 1 saturated carbocycles. The van der Waals surface area contributed by atoms with Crippen LogP contribution in [0.2, 0.25) is 0 Å². The van der Waals surface area contributed by atoms with Gasteiger partial charge in [-0.25, -0.2) is 0 Å². The highest BCUT2D eigenvalue weighted by molar-refractivity contribution is 5.15. The van der Waals surface area contributed by atoms with Gasteiger partial charge in [0.1, 0.15) is 0 Å². The van der Waals surface area contributed by atoms with E-state index in [1.165, 1.54) is 25.7 Å². The molecule has 1 fully saturated rings. The van der Waals surface area contributed by atoms with Crippen LogP contribution in [0.25, 0.3) is 0 Å². The Morgan fingerprint density at radius 3 is 2.71 bits per heavy atom. The van der Waals surface area contributed by atoms with E-state index >= 15 is 0 Å². The average molecular weight is 235 g/mol. The Labute approximate surface area is 107 Å². The van der Waals surface area contributed by atoms with Crippen LogP contribution in [0.1, 0.15) is 53.4 Å². The van der Waals surface area contributed by atoms with Crippen molar-refractivity contribution in [2.45, 2.75) is 58.9 Å². The summed E-state index contributed by atoms with van der Waals surface area (Å²) in [5, 5.41) is 2.25. The molecule has 98 valence electrons. The molecule has 1 heteroatoms. The van der Waals surface area contributed by atoms with E-state index in [-0.39, 0.29) is 0 Å². The summed E-state index contributed by atoms with van der Waals surface area (Å²) < 4.78 is 0. The maximum atomic E-state index is 4.13. The molecule has 1 nitrogen and oxygen atoms in total. The van der Waals surface area contributed by atoms with Crippen molar-refractivity contribution in [2.24, 2.45) is 23.7 Å². The fourth-order valence-electron chi connectivity index (χ4n) is 3.94. The summed E-state index contributed by atoms with van der Waals surface area (Å²) in [6, 6.07) is 0. The van der Waals surface area contributed by atoms with Crippen LogP contribution >= 0.6 is 0 Å². The van der Waals surface area contributed by atoms with Gasteiger partial charge in [-0.05, 0) is 43.9 Å². The number of fused-ring (bicyclic) bond motifs is 1. The van der Waals surface area contributed by atoms with Gasteiger partial charge in [0.05, 0.1) is 5.54 Å². The second-order valence-electron chi connectivity index (χ2n) is 6.84. The minimum absolute atomic E-state index is 0.364. The molecule has 2 rings (SSSR count). The zero-order chi connectivity index (χ0) is 12.6. The third-order valence-electron chi connectivity index (χ3n) is 5.47. The Kier molecular flexibility index (Phi) is 3.68. The molecule has 0 aromatic heterocycles. The van der Waals surface area contributed by atoms with Crippen molar-refractivity contribution >= 4 is 0 Å². The van der Waals surface area contributed by atoms with Crippen LogP contribution in [0.4, 0.5) is 0 Å². The molecule has 0 bridgehead atoms. The average Bonchev–Trinajstić information content (AvgIpc) is 2.57. The standard InChI is InChI=1S/C16H29N/c1-11(2)13-8-9-16(4,17-5)15-7-6-12(3)14(15)10-13/h10-12,14-15H,5-9,17H2,1-4H3/t12-,14-,15+,16+/m1/s1. The molecule has 0 aliphatic heterocycles. The number of hydrogen-bond acceptors (Lipinski definition) is 0. The minimum atomic E-state index is 0.364. The van der Waals surface area contributed by atoms with Gasteiger partial charge in [-0.1, -0.05) is 32.4 Å². The van der Waals surface area contributed by atoms with E-state index < -0.39 is 0 Å². The Morgan fingerprint density at radius 1 is 1.41 bits per heavy atom. The van der Waals surface area contributed by atoms with Crippen LogP contribution in [-0.2, 0) is 0 Å². The van der Waals surface area contributed by atoms with Gasteiger partial charge < -0.3 is 5.32 Å². The van der Waals surface area contributed by atoms with Gasteiger partial charge in [0.25, 0.3) is 0 Å². The minimum Gasteiger partial charge on any atom is -0.474 e. The van der Waals surface area contributed by atoms with Crippen LogP contribution in [0, 0.1) is 30.7 Å². The van der Waals surface area contributed by atoms with Crippen molar-refractivity contribution in [3.63, 3.8) is 0 Å². The van der Waals surface area contributed by atoms with Gasteiger partial charge >= 0.3 is 0 Å². The number of rotatable bonds is 2. The van der Waals surface area contributed by atoms with Crippen molar-refractivity contribution < 1.29 is 5.32 Å². The first-order chi connectivity index (χ1) is 7.98. The highest BCUT2D eigenvalue weighted by Crippen LogP contribution is 2.47. The second kappa shape index (κ2) is 4.76. The second-order valence-corrected chi connectivity index (χ2v) is 6.84. The summed E-state index contributed by atoms with van der Waals surface area (Å²) >= 11 is 0. The summed E-state index contributed by atoms with van der Waals surface area (Å²) in [6.07, 6.45) is 8.02. The number of hydrogen-bond donors (Lipinski definition) is 1. The molecular weight excluding hydrogens is 206 g/mol. The number of nitrogens with two attached hydrogens (primary N) is 1. The molecule has 0 saturated heterocycles. The monoisotopic (exact) mass is 235 g/mol. The first-order valence-corrected chi connectivity index (χ1v) is 7.32. The lowest BCUT2D eigenvalue weighted by atomic mass is 9.76. The molecule has 17 heavy (non-hydrogen) atoms. The number of allylic oxidation sites excluding steroid dienone is 2. The Morgan fingerprint density at radius 2 is 2.12 bits per heavy atom. The largest absolute Gasteiger partial charge is 0.474 e. The maximum absolute atomic E-state index is 4.13. The van der Waals surface area contributed by atoms with Crippen LogP contribution in [0.15, 0.2) is 11.6 Å². The van der Waals surface area contributed by atoms with Gasteiger partial charge in [0.2, 0.25) is 0 Å². The lowest BCUT2D eigenvalue weighted by molar-refractivity contribution is -0.683. The maximum Gasteiger partial charge on any atom is 0.0732 e. The van der Waals surface area contributed by atoms with Crippen molar-refractivity contribution in [1.82, 2.24) is 0 Å². The van der Waals surface area contributed by atoms with Crippen molar-refractivity contribution in [2.75, 3.05) is 0 Å². The Hall–Kier alpha value is -0.300. The fraction of sp³-hybridized carbons (Fsp3) is 0.812. The molecule has 0 spiro atoms. The molecule has 4 atom stereocenters. The summed E-state index contributed by atoms with van der Waals surface area (Å²) in [5.74, 6) is 3.23. The van der Waals surface area contributed by atoms with E-state index in [0.29, 0.717) is 5.54 Å². The molecule has 2 N–H and O–H groups in total. The normalized spacial score (nSPS) is 42.2. The Bertz CT molecular complexity index is 305. The van der Waals surface area contributed by atoms with Gasteiger partial charge in [0, 0.05) is 12.3 Å². The first kappa shape index (κ1) is 13.1. The van der Waals surface area contributed by atoms with Crippen LogP contribution in [0.5, 0.6) is 0 Å². The summed E-state index contributed by atoms with van der Waals surface area (Å²) in [4.78, 5) is 0. The first-order valence-electron chi connectivity index (χ1n) is 7.32. The molecule has 2 aliphatic carbocycles. The van der Waals surface area contributed by atoms with Gasteiger partial charge in [0.15, 0.2) is 0 Å². The van der Waals surface area contributed by atoms with E-state index in [4.69, 9.17) is 0 Å². The van der Waals surface area contributed by atoms with Crippen molar-refractivity contribution in [3.8, 4) is 0 Å². The molecular formula is C16H29N. The zero-order valence-corrected chi connectivity index (χ0v) is 12.0. The van der Waals surface area contributed by atoms with Crippen LogP contribution in [-0.4, -0.2) is 5.54 Å². The van der Waals surface area contributed by atoms with Crippen molar-refractivity contribution in [1.29, 1.82) is 0 Å². The molecule has 2 aliphatic rings. The topological polar surface area (TPSA) is 16.6 Å². The lowest BCUT2D eigenvalue weighted by Gasteiger charge is -2.37. The van der Waals surface area contributed by atoms with Gasteiger partial charge in [-0.2, -0.15) is 7.05 Å². The summed E-state index contributed by atoms with van der Waals surface area (Å²) in [7, 11) is 4.13. The van der Waals surface area contributed by atoms with E-state index in [2.05, 4.69) is 46.1 Å². The Balaban J connectivity index is 2.31. The molecule has 0 aromatic carbocycles. The van der Waals surface area contributed by atoms with Gasteiger partial charge in [-0.3, -0.25) is 0 Å². The molecule has 0 heterocycles. The lowest BCUT2D eigenvalue weighted by Crippen LogP contribution is -2.92. The van der Waals surface area contributed by atoms with Crippen molar-refractivity contribution in [3.05, 3.63) is 18.7 Å². The third kappa shape index (κ3) is 2.31. The smallest absolute Gasteiger partial charge is 0.0732 e. The zero-order valence-electron chi connectivity index (χ0n) is 12.0. The van der Waals surface area contributed by atoms with E-state index in [0.717, 1.165) is 23.7 Å². The summed E-state index contributed by atoms with van der Waals surface area (Å²) in [6.45, 7) is 9.56. The predicted molar refractivity (Wildman–Crippen MR) is 73.2 cm³/mol. The summed E-state index contributed by atoms with van der Waals surface area (Å²) in [5.41, 5.74) is 2.06. The molecule has 0 unspecified atom stereocenters. The molecule has 0 radical (unpaired) electrons. The predicted octanol–water partition coefficient (Wildman–Crippen LogP) is 3.14. The third-order valence-corrected chi connectivity index (χ3v) is 5.47. The van der Waals surface area contributed by atoms with E-state index in [1.54, 1.807) is 5.57 Å². The molecule has 0 amide bonds. The SMILES string of the molecule is [CH2-][NH2+][C@@]1(C)CCC(C(C)C)=C[C@@H]2[C@H](C)CC[C@@H]21. The fourth-order valence-corrected chi connectivity index (χ4v) is 3.94. The van der Waals surface area contributed by atoms with Gasteiger partial charge in [-0.15, -0.1) is 0 Å². The number of quaternary nitrogens is 1. The highest BCUT2D eigenvalue weighted by atomic mass is 14.9. The quantitative estimate of drug-likeness (QED) is 0.559. The van der Waals surface area contributed by atoms with Crippen LogP contribution in [0.3, 0.4) is 0 Å². The highest BCUT2D eigenvalue weighted by Gasteiger charge is 2.46.